The van der Waals surface area contributed by atoms with Crippen LogP contribution in [0.1, 0.15) is 34.9 Å². The van der Waals surface area contributed by atoms with Gasteiger partial charge in [0.2, 0.25) is 5.91 Å². The molecule has 122 valence electrons. The second-order valence-corrected chi connectivity index (χ2v) is 5.70. The van der Waals surface area contributed by atoms with Crippen molar-refractivity contribution in [3.63, 3.8) is 0 Å². The number of amides is 1. The van der Waals surface area contributed by atoms with Gasteiger partial charge in [-0.2, -0.15) is 11.3 Å². The van der Waals surface area contributed by atoms with E-state index in [2.05, 4.69) is 5.32 Å². The van der Waals surface area contributed by atoms with Gasteiger partial charge >= 0.3 is 0 Å². The summed E-state index contributed by atoms with van der Waals surface area (Å²) in [6.45, 7) is 0.0364. The first kappa shape index (κ1) is 17.2. The van der Waals surface area contributed by atoms with Crippen LogP contribution in [0.5, 0.6) is 0 Å². The molecule has 0 aliphatic carbocycles. The van der Waals surface area contributed by atoms with Gasteiger partial charge in [-0.05, 0) is 34.5 Å². The number of carbonyl (C=O) groups is 2. The van der Waals surface area contributed by atoms with Crippen LogP contribution in [0.25, 0.3) is 0 Å². The van der Waals surface area contributed by atoms with Gasteiger partial charge in [0.15, 0.2) is 5.78 Å². The molecule has 0 saturated heterocycles. The van der Waals surface area contributed by atoms with Crippen molar-refractivity contribution in [2.24, 2.45) is 0 Å². The number of hydrogen-bond acceptors (Lipinski definition) is 4. The Kier molecular flexibility index (Phi) is 5.95. The van der Waals surface area contributed by atoms with Crippen LogP contribution in [-0.4, -0.2) is 23.3 Å². The van der Waals surface area contributed by atoms with Gasteiger partial charge in [0.25, 0.3) is 0 Å². The van der Waals surface area contributed by atoms with E-state index < -0.39 is 29.4 Å². The van der Waals surface area contributed by atoms with Gasteiger partial charge in [-0.15, -0.1) is 0 Å². The SMILES string of the molecule is O=C(CCC(=O)c1ccc(F)cc1F)NCC(O)c1ccsc1. The van der Waals surface area contributed by atoms with Crippen LogP contribution >= 0.6 is 11.3 Å². The molecule has 0 spiro atoms. The Morgan fingerprint density at radius 1 is 1.22 bits per heavy atom. The molecule has 0 saturated carbocycles. The first-order chi connectivity index (χ1) is 11.0. The molecule has 1 amide bonds. The summed E-state index contributed by atoms with van der Waals surface area (Å²) in [5.74, 6) is -2.70. The predicted octanol–water partition coefficient (Wildman–Crippen LogP) is 2.84. The molecule has 0 aliphatic heterocycles. The van der Waals surface area contributed by atoms with Crippen molar-refractivity contribution in [1.82, 2.24) is 5.32 Å². The van der Waals surface area contributed by atoms with Crippen LogP contribution in [0.4, 0.5) is 8.78 Å². The number of Topliss-reactive ketones (excluding diaryl/α,β-unsaturated/α-hetero) is 1. The molecule has 2 rings (SSSR count). The standard InChI is InChI=1S/C16H15F2NO3S/c17-11-1-2-12(13(18)7-11)14(20)3-4-16(22)19-8-15(21)10-5-6-23-9-10/h1-2,5-7,9,15,21H,3-4,8H2,(H,19,22). The van der Waals surface area contributed by atoms with Gasteiger partial charge < -0.3 is 10.4 Å². The fraction of sp³-hybridized carbons (Fsp3) is 0.250. The van der Waals surface area contributed by atoms with Crippen LogP contribution in [-0.2, 0) is 4.79 Å². The molecule has 0 aliphatic rings. The van der Waals surface area contributed by atoms with E-state index in [0.717, 1.165) is 12.1 Å². The average Bonchev–Trinajstić information content (AvgIpc) is 3.04. The van der Waals surface area contributed by atoms with E-state index in [0.29, 0.717) is 11.6 Å². The number of ketones is 1. The van der Waals surface area contributed by atoms with Crippen molar-refractivity contribution in [2.75, 3.05) is 6.54 Å². The summed E-state index contributed by atoms with van der Waals surface area (Å²) < 4.78 is 26.2. The molecular formula is C16H15F2NO3S. The molecule has 2 aromatic rings. The Hall–Kier alpha value is -2.12. The quantitative estimate of drug-likeness (QED) is 0.762. The second kappa shape index (κ2) is 7.94. The molecule has 0 fully saturated rings. The maximum atomic E-state index is 13.4. The molecule has 2 N–H and O–H groups in total. The van der Waals surface area contributed by atoms with Gasteiger partial charge in [-0.3, -0.25) is 9.59 Å². The van der Waals surface area contributed by atoms with Crippen LogP contribution < -0.4 is 5.32 Å². The Morgan fingerprint density at radius 3 is 2.65 bits per heavy atom. The zero-order chi connectivity index (χ0) is 16.8. The Bertz CT molecular complexity index is 689. The minimum Gasteiger partial charge on any atom is -0.387 e. The lowest BCUT2D eigenvalue weighted by Crippen LogP contribution is -2.28. The van der Waals surface area contributed by atoms with Gasteiger partial charge in [-0.1, -0.05) is 0 Å². The first-order valence-electron chi connectivity index (χ1n) is 6.92. The Balaban J connectivity index is 1.78. The number of nitrogens with one attached hydrogen (secondary N) is 1. The molecule has 1 unspecified atom stereocenters. The van der Waals surface area contributed by atoms with E-state index in [-0.39, 0.29) is 24.9 Å². The highest BCUT2D eigenvalue weighted by molar-refractivity contribution is 7.07. The summed E-state index contributed by atoms with van der Waals surface area (Å²) >= 11 is 1.44. The number of aliphatic hydroxyl groups excluding tert-OH is 1. The predicted molar refractivity (Wildman–Crippen MR) is 82.2 cm³/mol. The lowest BCUT2D eigenvalue weighted by atomic mass is 10.1. The largest absolute Gasteiger partial charge is 0.387 e. The number of benzene rings is 1. The van der Waals surface area contributed by atoms with Crippen molar-refractivity contribution < 1.29 is 23.5 Å². The summed E-state index contributed by atoms with van der Waals surface area (Å²) in [4.78, 5) is 23.5. The van der Waals surface area contributed by atoms with E-state index in [1.807, 2.05) is 5.38 Å². The monoisotopic (exact) mass is 339 g/mol. The van der Waals surface area contributed by atoms with Gasteiger partial charge in [0, 0.05) is 25.5 Å². The number of halogens is 2. The highest BCUT2D eigenvalue weighted by Gasteiger charge is 2.15. The number of carbonyl (C=O) groups excluding carboxylic acids is 2. The highest BCUT2D eigenvalue weighted by atomic mass is 32.1. The zero-order valence-electron chi connectivity index (χ0n) is 12.1. The van der Waals surface area contributed by atoms with E-state index in [9.17, 15) is 23.5 Å². The molecule has 1 aromatic heterocycles. The Labute approximate surface area is 135 Å². The van der Waals surface area contributed by atoms with Gasteiger partial charge in [-0.25, -0.2) is 8.78 Å². The van der Waals surface area contributed by atoms with Gasteiger partial charge in [0.05, 0.1) is 11.7 Å². The topological polar surface area (TPSA) is 66.4 Å². The second-order valence-electron chi connectivity index (χ2n) is 4.92. The maximum absolute atomic E-state index is 13.4. The molecule has 0 bridgehead atoms. The molecule has 0 radical (unpaired) electrons. The van der Waals surface area contributed by atoms with E-state index in [1.165, 1.54) is 11.3 Å². The number of aliphatic hydroxyl groups is 1. The summed E-state index contributed by atoms with van der Waals surface area (Å²) in [5.41, 5.74) is 0.470. The third-order valence-electron chi connectivity index (χ3n) is 3.23. The summed E-state index contributed by atoms with van der Waals surface area (Å²) in [6.07, 6.45) is -1.13. The Morgan fingerprint density at radius 2 is 2.00 bits per heavy atom. The summed E-state index contributed by atoms with van der Waals surface area (Å²) in [5, 5.41) is 15.9. The van der Waals surface area contributed by atoms with E-state index in [1.54, 1.807) is 11.4 Å². The van der Waals surface area contributed by atoms with Crippen molar-refractivity contribution in [1.29, 1.82) is 0 Å². The minimum atomic E-state index is -0.941. The lowest BCUT2D eigenvalue weighted by molar-refractivity contribution is -0.121. The first-order valence-corrected chi connectivity index (χ1v) is 7.86. The third-order valence-corrected chi connectivity index (χ3v) is 3.93. The highest BCUT2D eigenvalue weighted by Crippen LogP contribution is 2.15. The van der Waals surface area contributed by atoms with Crippen molar-refractivity contribution in [3.8, 4) is 0 Å². The summed E-state index contributed by atoms with van der Waals surface area (Å²) in [6, 6.07) is 4.44. The average molecular weight is 339 g/mol. The van der Waals surface area contributed by atoms with Crippen LogP contribution in [0.2, 0.25) is 0 Å². The molecule has 4 nitrogen and oxygen atoms in total. The van der Waals surface area contributed by atoms with Crippen LogP contribution in [0.3, 0.4) is 0 Å². The smallest absolute Gasteiger partial charge is 0.220 e. The van der Waals surface area contributed by atoms with Crippen molar-refractivity contribution in [3.05, 3.63) is 57.8 Å². The molecule has 1 aromatic carbocycles. The molecule has 1 heterocycles. The lowest BCUT2D eigenvalue weighted by Gasteiger charge is -2.10. The molecule has 23 heavy (non-hydrogen) atoms. The van der Waals surface area contributed by atoms with Crippen LogP contribution in [0, 0.1) is 11.6 Å². The van der Waals surface area contributed by atoms with E-state index >= 15 is 0 Å². The minimum absolute atomic E-state index is 0.0364. The van der Waals surface area contributed by atoms with Crippen LogP contribution in [0.15, 0.2) is 35.0 Å². The number of hydrogen-bond donors (Lipinski definition) is 2. The zero-order valence-corrected chi connectivity index (χ0v) is 12.9. The van der Waals surface area contributed by atoms with Gasteiger partial charge in [0.1, 0.15) is 11.6 Å². The normalized spacial score (nSPS) is 12.0. The number of thiophene rings is 1. The fourth-order valence-electron chi connectivity index (χ4n) is 1.96. The van der Waals surface area contributed by atoms with Crippen molar-refractivity contribution >= 4 is 23.0 Å². The molecule has 7 heteroatoms. The third kappa shape index (κ3) is 4.94. The number of rotatable bonds is 7. The maximum Gasteiger partial charge on any atom is 0.220 e. The fourth-order valence-corrected chi connectivity index (χ4v) is 2.67. The summed E-state index contributed by atoms with van der Waals surface area (Å²) in [7, 11) is 0. The van der Waals surface area contributed by atoms with Crippen molar-refractivity contribution in [2.45, 2.75) is 18.9 Å². The molecular weight excluding hydrogens is 324 g/mol. The van der Waals surface area contributed by atoms with E-state index in [4.69, 9.17) is 0 Å². The molecule has 1 atom stereocenters.